The molecule has 116 valence electrons. The minimum absolute atomic E-state index is 0.0585. The third-order valence-electron chi connectivity index (χ3n) is 3.99. The van der Waals surface area contributed by atoms with Crippen molar-refractivity contribution in [1.29, 1.82) is 0 Å². The van der Waals surface area contributed by atoms with Gasteiger partial charge in [0.25, 0.3) is 0 Å². The van der Waals surface area contributed by atoms with Gasteiger partial charge in [0, 0.05) is 17.6 Å². The number of aromatic nitrogens is 1. The van der Waals surface area contributed by atoms with Crippen molar-refractivity contribution in [3.63, 3.8) is 0 Å². The van der Waals surface area contributed by atoms with Gasteiger partial charge >= 0.3 is 0 Å². The van der Waals surface area contributed by atoms with E-state index in [2.05, 4.69) is 4.98 Å². The van der Waals surface area contributed by atoms with Gasteiger partial charge in [-0.2, -0.15) is 0 Å². The highest BCUT2D eigenvalue weighted by molar-refractivity contribution is 7.09. The molecule has 1 aliphatic rings. The highest BCUT2D eigenvalue weighted by atomic mass is 32.1. The van der Waals surface area contributed by atoms with Crippen molar-refractivity contribution in [3.8, 4) is 0 Å². The van der Waals surface area contributed by atoms with Gasteiger partial charge in [-0.15, -0.1) is 11.3 Å². The molecule has 22 heavy (non-hydrogen) atoms. The average Bonchev–Trinajstić information content (AvgIpc) is 2.94. The number of hydrogen-bond acceptors (Lipinski definition) is 3. The van der Waals surface area contributed by atoms with Crippen molar-refractivity contribution >= 4 is 17.2 Å². The number of likely N-dealkylation sites (tertiary alicyclic amines) is 1. The minimum Gasteiger partial charge on any atom is -0.333 e. The quantitative estimate of drug-likeness (QED) is 0.860. The van der Waals surface area contributed by atoms with Gasteiger partial charge in [0.15, 0.2) is 0 Å². The Labute approximate surface area is 133 Å². The first-order valence-corrected chi connectivity index (χ1v) is 8.47. The number of thiazole rings is 1. The fourth-order valence-electron chi connectivity index (χ4n) is 2.94. The van der Waals surface area contributed by atoms with Crippen molar-refractivity contribution in [1.82, 2.24) is 9.88 Å². The van der Waals surface area contributed by atoms with Crippen LogP contribution in [-0.4, -0.2) is 22.3 Å². The molecule has 0 unspecified atom stereocenters. The second-order valence-corrected chi connectivity index (χ2v) is 6.62. The molecule has 1 aromatic carbocycles. The summed E-state index contributed by atoms with van der Waals surface area (Å²) in [5.74, 6) is -0.237. The predicted octanol–water partition coefficient (Wildman–Crippen LogP) is 3.89. The average molecular weight is 318 g/mol. The van der Waals surface area contributed by atoms with E-state index in [1.54, 1.807) is 23.5 Å². The van der Waals surface area contributed by atoms with Gasteiger partial charge in [-0.25, -0.2) is 9.37 Å². The van der Waals surface area contributed by atoms with Crippen LogP contribution in [0.2, 0.25) is 0 Å². The number of carbonyl (C=O) groups is 1. The maximum Gasteiger partial charge on any atom is 0.227 e. The summed E-state index contributed by atoms with van der Waals surface area (Å²) < 4.78 is 13.3. The normalized spacial score (nSPS) is 18.5. The van der Waals surface area contributed by atoms with Gasteiger partial charge in [0.2, 0.25) is 5.91 Å². The molecule has 2 aromatic rings. The van der Waals surface area contributed by atoms with Crippen molar-refractivity contribution in [3.05, 3.63) is 51.7 Å². The monoisotopic (exact) mass is 318 g/mol. The van der Waals surface area contributed by atoms with Crippen LogP contribution in [0.1, 0.15) is 41.6 Å². The number of benzene rings is 1. The third kappa shape index (κ3) is 3.35. The Morgan fingerprint density at radius 1 is 1.45 bits per heavy atom. The standard InChI is InChI=1S/C17H19FN2OS/c1-12-11-22-17(19-12)15-7-2-3-8-20(15)16(21)10-13-5-4-6-14(18)9-13/h4-6,9,11,15H,2-3,7-8,10H2,1H3/t15-/m0/s1. The van der Waals surface area contributed by atoms with Crippen LogP contribution in [0, 0.1) is 12.7 Å². The molecule has 1 atom stereocenters. The Balaban J connectivity index is 1.76. The van der Waals surface area contributed by atoms with Gasteiger partial charge in [-0.3, -0.25) is 4.79 Å². The van der Waals surface area contributed by atoms with E-state index in [0.29, 0.717) is 0 Å². The largest absolute Gasteiger partial charge is 0.333 e. The molecule has 1 saturated heterocycles. The summed E-state index contributed by atoms with van der Waals surface area (Å²) >= 11 is 1.62. The van der Waals surface area contributed by atoms with Crippen LogP contribution in [0.25, 0.3) is 0 Å². The molecule has 3 rings (SSSR count). The molecule has 0 radical (unpaired) electrons. The smallest absolute Gasteiger partial charge is 0.227 e. The first-order chi connectivity index (χ1) is 10.6. The molecule has 0 aliphatic carbocycles. The van der Waals surface area contributed by atoms with E-state index in [0.717, 1.165) is 42.1 Å². The number of piperidine rings is 1. The van der Waals surface area contributed by atoms with Crippen LogP contribution in [0.5, 0.6) is 0 Å². The second kappa shape index (κ2) is 6.57. The molecular formula is C17H19FN2OS. The molecule has 0 spiro atoms. The summed E-state index contributed by atoms with van der Waals surface area (Å²) in [5.41, 5.74) is 1.73. The van der Waals surface area contributed by atoms with Crippen molar-refractivity contribution in [2.45, 2.75) is 38.6 Å². The molecule has 1 fully saturated rings. The van der Waals surface area contributed by atoms with E-state index in [1.807, 2.05) is 17.2 Å². The Morgan fingerprint density at radius 3 is 3.05 bits per heavy atom. The zero-order valence-corrected chi connectivity index (χ0v) is 13.4. The zero-order valence-electron chi connectivity index (χ0n) is 12.6. The highest BCUT2D eigenvalue weighted by Crippen LogP contribution is 2.33. The van der Waals surface area contributed by atoms with Crippen LogP contribution in [0.15, 0.2) is 29.6 Å². The van der Waals surface area contributed by atoms with E-state index in [-0.39, 0.29) is 24.2 Å². The van der Waals surface area contributed by atoms with E-state index < -0.39 is 0 Å². The molecule has 5 heteroatoms. The first kappa shape index (κ1) is 15.2. The third-order valence-corrected chi connectivity index (χ3v) is 5.05. The Bertz CT molecular complexity index is 670. The van der Waals surface area contributed by atoms with Gasteiger partial charge in [-0.1, -0.05) is 12.1 Å². The van der Waals surface area contributed by atoms with Gasteiger partial charge in [-0.05, 0) is 43.9 Å². The van der Waals surface area contributed by atoms with E-state index in [1.165, 1.54) is 12.1 Å². The summed E-state index contributed by atoms with van der Waals surface area (Å²) in [6, 6.07) is 6.36. The van der Waals surface area contributed by atoms with Crippen molar-refractivity contribution < 1.29 is 9.18 Å². The molecule has 1 aromatic heterocycles. The maximum absolute atomic E-state index is 13.3. The summed E-state index contributed by atoms with van der Waals surface area (Å²) in [4.78, 5) is 19.1. The molecule has 2 heterocycles. The summed E-state index contributed by atoms with van der Waals surface area (Å²) in [6.45, 7) is 2.74. The number of amides is 1. The molecule has 3 nitrogen and oxygen atoms in total. The summed E-state index contributed by atoms with van der Waals surface area (Å²) in [6.07, 6.45) is 3.35. The SMILES string of the molecule is Cc1csc([C@@H]2CCCCN2C(=O)Cc2cccc(F)c2)n1. The lowest BCUT2D eigenvalue weighted by Gasteiger charge is -2.34. The number of nitrogens with zero attached hydrogens (tertiary/aromatic N) is 2. The van der Waals surface area contributed by atoms with E-state index >= 15 is 0 Å². The molecule has 0 bridgehead atoms. The van der Waals surface area contributed by atoms with E-state index in [4.69, 9.17) is 0 Å². The van der Waals surface area contributed by atoms with Crippen molar-refractivity contribution in [2.24, 2.45) is 0 Å². The summed E-state index contributed by atoms with van der Waals surface area (Å²) in [5, 5.41) is 3.05. The molecule has 0 saturated carbocycles. The molecule has 0 N–H and O–H groups in total. The number of halogens is 1. The van der Waals surface area contributed by atoms with Crippen LogP contribution in [0.3, 0.4) is 0 Å². The maximum atomic E-state index is 13.3. The lowest BCUT2D eigenvalue weighted by Crippen LogP contribution is -2.39. The fourth-order valence-corrected chi connectivity index (χ4v) is 3.88. The number of carbonyl (C=O) groups excluding carboxylic acids is 1. The molecule has 1 aliphatic heterocycles. The van der Waals surface area contributed by atoms with Crippen LogP contribution < -0.4 is 0 Å². The van der Waals surface area contributed by atoms with E-state index in [9.17, 15) is 9.18 Å². The lowest BCUT2D eigenvalue weighted by atomic mass is 10.0. The van der Waals surface area contributed by atoms with Gasteiger partial charge in [0.05, 0.1) is 12.5 Å². The van der Waals surface area contributed by atoms with Crippen LogP contribution in [-0.2, 0) is 11.2 Å². The highest BCUT2D eigenvalue weighted by Gasteiger charge is 2.29. The lowest BCUT2D eigenvalue weighted by molar-refractivity contribution is -0.134. The zero-order chi connectivity index (χ0) is 15.5. The minimum atomic E-state index is -0.295. The van der Waals surface area contributed by atoms with Crippen LogP contribution in [0.4, 0.5) is 4.39 Å². The number of aryl methyl sites for hydroxylation is 1. The first-order valence-electron chi connectivity index (χ1n) is 7.59. The number of rotatable bonds is 3. The van der Waals surface area contributed by atoms with Gasteiger partial charge < -0.3 is 4.90 Å². The Kier molecular flexibility index (Phi) is 4.52. The Hall–Kier alpha value is -1.75. The van der Waals surface area contributed by atoms with Crippen LogP contribution >= 0.6 is 11.3 Å². The molecule has 1 amide bonds. The topological polar surface area (TPSA) is 33.2 Å². The Morgan fingerprint density at radius 2 is 2.32 bits per heavy atom. The number of hydrogen-bond donors (Lipinski definition) is 0. The summed E-state index contributed by atoms with van der Waals surface area (Å²) in [7, 11) is 0. The fraction of sp³-hybridized carbons (Fsp3) is 0.412. The van der Waals surface area contributed by atoms with Gasteiger partial charge in [0.1, 0.15) is 10.8 Å². The molecular weight excluding hydrogens is 299 g/mol. The predicted molar refractivity (Wildman–Crippen MR) is 85.3 cm³/mol. The second-order valence-electron chi connectivity index (χ2n) is 5.73. The van der Waals surface area contributed by atoms with Crippen molar-refractivity contribution in [2.75, 3.05) is 6.54 Å².